The van der Waals surface area contributed by atoms with Gasteiger partial charge in [-0.1, -0.05) is 29.9 Å². The van der Waals surface area contributed by atoms with E-state index in [-0.39, 0.29) is 0 Å². The van der Waals surface area contributed by atoms with Crippen LogP contribution < -0.4 is 11.1 Å². The lowest BCUT2D eigenvalue weighted by molar-refractivity contribution is -0.170. The monoisotopic (exact) mass is 498 g/mol. The Labute approximate surface area is 201 Å². The second-order valence-corrected chi connectivity index (χ2v) is 7.98. The van der Waals surface area contributed by atoms with E-state index >= 15 is 0 Å². The van der Waals surface area contributed by atoms with E-state index in [0.29, 0.717) is 13.2 Å². The number of nitrogens with one attached hydrogen (secondary N) is 1. The molecule has 1 heterocycles. The Bertz CT molecular complexity index is 880. The summed E-state index contributed by atoms with van der Waals surface area (Å²) in [6.07, 6.45) is 5.34. The number of nitrogens with two attached hydrogens (primary N) is 1. The maximum Gasteiger partial charge on any atom is 0.336 e. The fourth-order valence-corrected chi connectivity index (χ4v) is 3.91. The SMILES string of the molecule is CNC(=S)C1(c2cccnc2)CCCC/C1=N/OCCN.O=C(O)CC(O)(CC(=O)O)C(=O)O. The van der Waals surface area contributed by atoms with Gasteiger partial charge in [-0.05, 0) is 30.9 Å². The Balaban J connectivity index is 0.000000385. The lowest BCUT2D eigenvalue weighted by Crippen LogP contribution is -2.50. The molecule has 1 fully saturated rings. The molecule has 34 heavy (non-hydrogen) atoms. The summed E-state index contributed by atoms with van der Waals surface area (Å²) in [5, 5.41) is 41.3. The molecule has 0 saturated heterocycles. The van der Waals surface area contributed by atoms with Crippen LogP contribution in [0.3, 0.4) is 0 Å². The highest BCUT2D eigenvalue weighted by Crippen LogP contribution is 2.38. The summed E-state index contributed by atoms with van der Waals surface area (Å²) in [6.45, 7) is 0.867. The number of thiocarbonyl (C=S) groups is 1. The van der Waals surface area contributed by atoms with Gasteiger partial charge in [-0.15, -0.1) is 0 Å². The Morgan fingerprint density at radius 1 is 1.26 bits per heavy atom. The van der Waals surface area contributed by atoms with Crippen molar-refractivity contribution in [1.29, 1.82) is 0 Å². The molecule has 0 spiro atoms. The quantitative estimate of drug-likeness (QED) is 0.148. The van der Waals surface area contributed by atoms with Gasteiger partial charge in [-0.25, -0.2) is 4.79 Å². The van der Waals surface area contributed by atoms with Crippen LogP contribution in [0.5, 0.6) is 0 Å². The average molecular weight is 499 g/mol. The van der Waals surface area contributed by atoms with Crippen LogP contribution in [0.2, 0.25) is 0 Å². The van der Waals surface area contributed by atoms with Crippen molar-refractivity contribution in [2.45, 2.75) is 49.5 Å². The second-order valence-electron chi connectivity index (χ2n) is 7.57. The van der Waals surface area contributed by atoms with E-state index in [0.717, 1.165) is 41.9 Å². The molecule has 1 aromatic heterocycles. The molecule has 1 aliphatic rings. The molecular weight excluding hydrogens is 468 g/mol. The number of aromatic nitrogens is 1. The molecule has 1 aliphatic carbocycles. The second kappa shape index (κ2) is 13.5. The topological polar surface area (TPSA) is 205 Å². The normalized spacial score (nSPS) is 18.9. The lowest BCUT2D eigenvalue weighted by Gasteiger charge is -2.38. The first kappa shape index (κ1) is 28.9. The molecule has 0 aliphatic heterocycles. The first-order valence-electron chi connectivity index (χ1n) is 10.4. The summed E-state index contributed by atoms with van der Waals surface area (Å²) in [7, 11) is 1.85. The molecular formula is C21H30N4O8S. The fraction of sp³-hybridized carbons (Fsp3) is 0.524. The number of aliphatic carboxylic acids is 3. The number of hydrogen-bond acceptors (Lipinski definition) is 9. The molecule has 2 rings (SSSR count). The highest BCUT2D eigenvalue weighted by molar-refractivity contribution is 7.80. The molecule has 0 bridgehead atoms. The van der Waals surface area contributed by atoms with Crippen molar-refractivity contribution in [2.24, 2.45) is 10.9 Å². The summed E-state index contributed by atoms with van der Waals surface area (Å²) < 4.78 is 0. The Morgan fingerprint density at radius 2 is 1.91 bits per heavy atom. The maximum atomic E-state index is 10.3. The van der Waals surface area contributed by atoms with E-state index in [1.807, 2.05) is 19.3 Å². The van der Waals surface area contributed by atoms with Crippen molar-refractivity contribution in [2.75, 3.05) is 20.2 Å². The number of carboxylic acid groups (broad SMARTS) is 3. The fourth-order valence-electron chi connectivity index (χ4n) is 3.57. The van der Waals surface area contributed by atoms with Crippen LogP contribution in [0.25, 0.3) is 0 Å². The number of aliphatic hydroxyl groups is 1. The van der Waals surface area contributed by atoms with Crippen LogP contribution >= 0.6 is 12.2 Å². The van der Waals surface area contributed by atoms with Gasteiger partial charge in [0.2, 0.25) is 0 Å². The Kier molecular flexibility index (Phi) is 11.5. The number of oxime groups is 1. The van der Waals surface area contributed by atoms with Gasteiger partial charge in [0, 0.05) is 26.0 Å². The number of hydrogen-bond donors (Lipinski definition) is 6. The van der Waals surface area contributed by atoms with E-state index in [9.17, 15) is 14.4 Å². The van der Waals surface area contributed by atoms with Crippen molar-refractivity contribution in [3.05, 3.63) is 30.1 Å². The largest absolute Gasteiger partial charge is 0.481 e. The molecule has 1 saturated carbocycles. The number of carboxylic acids is 3. The van der Waals surface area contributed by atoms with E-state index in [1.54, 1.807) is 6.20 Å². The number of likely N-dealkylation sites (N-methyl/N-ethyl adjacent to an activating group) is 1. The van der Waals surface area contributed by atoms with Crippen LogP contribution in [-0.4, -0.2) is 79.8 Å². The van der Waals surface area contributed by atoms with Gasteiger partial charge in [-0.3, -0.25) is 14.6 Å². The molecule has 0 aromatic carbocycles. The van der Waals surface area contributed by atoms with E-state index in [1.165, 1.54) is 0 Å². The zero-order valence-electron chi connectivity index (χ0n) is 18.8. The standard InChI is InChI=1S/C15H22N4OS.C6H8O7/c1-17-14(21)15(12-5-4-9-18-11-12)7-3-2-6-13(15)19-20-10-8-16;7-3(8)1-6(13,5(11)12)2-4(9)10/h4-5,9,11H,2-3,6-8,10,16H2,1H3,(H,17,21);13H,1-2H2,(H,7,8)(H,9,10)(H,11,12)/b19-13-;. The van der Waals surface area contributed by atoms with Crippen molar-refractivity contribution in [3.8, 4) is 0 Å². The van der Waals surface area contributed by atoms with E-state index in [2.05, 4.69) is 21.5 Å². The third-order valence-corrected chi connectivity index (χ3v) is 5.70. The molecule has 0 amide bonds. The number of carbonyl (C=O) groups is 3. The van der Waals surface area contributed by atoms with Gasteiger partial charge in [-0.2, -0.15) is 0 Å². The molecule has 12 nitrogen and oxygen atoms in total. The number of pyridine rings is 1. The van der Waals surface area contributed by atoms with Gasteiger partial charge in [0.05, 0.1) is 29.0 Å². The summed E-state index contributed by atoms with van der Waals surface area (Å²) >= 11 is 5.63. The van der Waals surface area contributed by atoms with Crippen LogP contribution in [0.4, 0.5) is 0 Å². The molecule has 1 aromatic rings. The van der Waals surface area contributed by atoms with Gasteiger partial charge in [0.1, 0.15) is 6.61 Å². The molecule has 13 heteroatoms. The molecule has 7 N–H and O–H groups in total. The average Bonchev–Trinajstić information content (AvgIpc) is 2.79. The van der Waals surface area contributed by atoms with Crippen molar-refractivity contribution in [3.63, 3.8) is 0 Å². The zero-order valence-corrected chi connectivity index (χ0v) is 19.6. The van der Waals surface area contributed by atoms with Crippen LogP contribution in [-0.2, 0) is 24.6 Å². The van der Waals surface area contributed by atoms with Gasteiger partial charge < -0.3 is 36.3 Å². The molecule has 1 unspecified atom stereocenters. The highest BCUT2D eigenvalue weighted by Gasteiger charge is 2.44. The maximum absolute atomic E-state index is 10.3. The lowest BCUT2D eigenvalue weighted by atomic mass is 9.68. The van der Waals surface area contributed by atoms with Crippen molar-refractivity contribution in [1.82, 2.24) is 10.3 Å². The smallest absolute Gasteiger partial charge is 0.336 e. The summed E-state index contributed by atoms with van der Waals surface area (Å²) in [4.78, 5) is 40.9. The minimum Gasteiger partial charge on any atom is -0.481 e. The minimum absolute atomic E-state index is 0.412. The third kappa shape index (κ3) is 7.71. The van der Waals surface area contributed by atoms with Crippen LogP contribution in [0.1, 0.15) is 44.1 Å². The summed E-state index contributed by atoms with van der Waals surface area (Å²) in [6, 6.07) is 3.99. The van der Waals surface area contributed by atoms with Gasteiger partial charge in [0.15, 0.2) is 5.60 Å². The predicted molar refractivity (Wildman–Crippen MR) is 126 cm³/mol. The van der Waals surface area contributed by atoms with E-state index < -0.39 is 41.8 Å². The van der Waals surface area contributed by atoms with Crippen LogP contribution in [0.15, 0.2) is 29.7 Å². The minimum atomic E-state index is -2.74. The van der Waals surface area contributed by atoms with Gasteiger partial charge in [0.25, 0.3) is 0 Å². The Hall–Kier alpha value is -3.16. The molecule has 188 valence electrons. The third-order valence-electron chi connectivity index (χ3n) is 5.15. The predicted octanol–water partition coefficient (Wildman–Crippen LogP) is 0.523. The highest BCUT2D eigenvalue weighted by atomic mass is 32.1. The molecule has 1 atom stereocenters. The first-order valence-corrected chi connectivity index (χ1v) is 10.9. The summed E-state index contributed by atoms with van der Waals surface area (Å²) in [5.74, 6) is -5.02. The summed E-state index contributed by atoms with van der Waals surface area (Å²) in [5.41, 5.74) is 4.35. The van der Waals surface area contributed by atoms with Crippen LogP contribution in [0, 0.1) is 0 Å². The van der Waals surface area contributed by atoms with Crippen molar-refractivity contribution >= 4 is 40.8 Å². The van der Waals surface area contributed by atoms with Gasteiger partial charge >= 0.3 is 17.9 Å². The molecule has 0 radical (unpaired) electrons. The van der Waals surface area contributed by atoms with Crippen molar-refractivity contribution < 1.29 is 39.6 Å². The first-order chi connectivity index (χ1) is 16.0. The zero-order chi connectivity index (χ0) is 25.8. The Morgan fingerprint density at radius 3 is 2.38 bits per heavy atom. The number of rotatable bonds is 10. The van der Waals surface area contributed by atoms with E-state index in [4.69, 9.17) is 43.2 Å². The number of nitrogens with zero attached hydrogens (tertiary/aromatic N) is 2.